The number of ether oxygens (including phenoxy) is 1. The molecule has 1 atom stereocenters. The third-order valence-corrected chi connectivity index (χ3v) is 4.08. The monoisotopic (exact) mass is 331 g/mol. The number of amides is 2. The van der Waals surface area contributed by atoms with Crippen LogP contribution in [0.5, 0.6) is 5.75 Å². The Morgan fingerprint density at radius 3 is 2.88 bits per heavy atom. The minimum atomic E-state index is -0.420. The van der Waals surface area contributed by atoms with Gasteiger partial charge in [-0.15, -0.1) is 0 Å². The van der Waals surface area contributed by atoms with Crippen LogP contribution >= 0.6 is 0 Å². The summed E-state index contributed by atoms with van der Waals surface area (Å²) in [4.78, 5) is 27.6. The fourth-order valence-electron chi connectivity index (χ4n) is 2.67. The Balaban J connectivity index is 2.04. The Hall–Kier alpha value is -2.34. The number of hydrogen-bond donors (Lipinski definition) is 1. The number of nitrogens with zero attached hydrogens (tertiary/aromatic N) is 2. The minimum Gasteiger partial charge on any atom is -0.496 e. The first kappa shape index (κ1) is 18.0. The van der Waals surface area contributed by atoms with Gasteiger partial charge in [-0.2, -0.15) is 0 Å². The molecule has 6 heteroatoms. The number of carbonyl (C=O) groups excluding carboxylic acids is 2. The van der Waals surface area contributed by atoms with Gasteiger partial charge in [-0.05, 0) is 6.07 Å². The quantitative estimate of drug-likeness (QED) is 0.844. The van der Waals surface area contributed by atoms with E-state index in [9.17, 15) is 9.59 Å². The van der Waals surface area contributed by atoms with E-state index in [-0.39, 0.29) is 18.2 Å². The van der Waals surface area contributed by atoms with Crippen LogP contribution in [0, 0.1) is 0 Å². The zero-order chi connectivity index (χ0) is 17.5. The van der Waals surface area contributed by atoms with Gasteiger partial charge in [-0.25, -0.2) is 0 Å². The number of benzene rings is 1. The molecular weight excluding hydrogens is 306 g/mol. The number of hydrogen-bond acceptors (Lipinski definition) is 4. The van der Waals surface area contributed by atoms with Crippen LogP contribution in [0.15, 0.2) is 30.3 Å². The van der Waals surface area contributed by atoms with Crippen LogP contribution in [0.4, 0.5) is 0 Å². The first-order valence-corrected chi connectivity index (χ1v) is 8.04. The predicted molar refractivity (Wildman–Crippen MR) is 93.7 cm³/mol. The predicted octanol–water partition coefficient (Wildman–Crippen LogP) is 0.987. The summed E-state index contributed by atoms with van der Waals surface area (Å²) in [5, 5.41) is 2.84. The molecule has 0 unspecified atom stereocenters. The van der Waals surface area contributed by atoms with Gasteiger partial charge in [-0.3, -0.25) is 14.5 Å². The van der Waals surface area contributed by atoms with Crippen LogP contribution in [0.2, 0.25) is 0 Å². The van der Waals surface area contributed by atoms with Gasteiger partial charge in [0.15, 0.2) is 0 Å². The van der Waals surface area contributed by atoms with Crippen LogP contribution in [0.1, 0.15) is 12.0 Å². The lowest BCUT2D eigenvalue weighted by Gasteiger charge is -2.34. The molecule has 1 aliphatic heterocycles. The standard InChI is InChI=1S/C18H25N3O3/c1-20(2)17(22)13-15-18(23)19-10-12-21(15)11-6-8-14-7-4-5-9-16(14)24-3/h4-9,15H,10-13H2,1-3H3,(H,19,23)/b8-6+/t15-/m1/s1. The van der Waals surface area contributed by atoms with E-state index in [1.807, 2.05) is 41.3 Å². The molecule has 1 fully saturated rings. The molecule has 0 radical (unpaired) electrons. The maximum Gasteiger partial charge on any atom is 0.237 e. The number of methoxy groups -OCH3 is 1. The Labute approximate surface area is 143 Å². The summed E-state index contributed by atoms with van der Waals surface area (Å²) >= 11 is 0. The maximum atomic E-state index is 12.1. The van der Waals surface area contributed by atoms with Crippen molar-refractivity contribution >= 4 is 17.9 Å². The molecule has 0 spiro atoms. The first-order valence-electron chi connectivity index (χ1n) is 8.04. The molecule has 2 rings (SSSR count). The van der Waals surface area contributed by atoms with Crippen LogP contribution in [-0.2, 0) is 9.59 Å². The third kappa shape index (κ3) is 4.58. The van der Waals surface area contributed by atoms with Crippen molar-refractivity contribution in [2.75, 3.05) is 40.8 Å². The summed E-state index contributed by atoms with van der Waals surface area (Å²) in [5.41, 5.74) is 0.988. The Bertz CT molecular complexity index is 613. The molecule has 1 heterocycles. The lowest BCUT2D eigenvalue weighted by molar-refractivity contribution is -0.137. The minimum absolute atomic E-state index is 0.0456. The molecule has 6 nitrogen and oxygen atoms in total. The van der Waals surface area contributed by atoms with Gasteiger partial charge in [0.2, 0.25) is 11.8 Å². The summed E-state index contributed by atoms with van der Waals surface area (Å²) in [6, 6.07) is 7.34. The summed E-state index contributed by atoms with van der Waals surface area (Å²) in [5.74, 6) is 0.683. The van der Waals surface area contributed by atoms with Crippen molar-refractivity contribution in [1.82, 2.24) is 15.1 Å². The Kier molecular flexibility index (Phi) is 6.37. The van der Waals surface area contributed by atoms with Gasteiger partial charge in [0.05, 0.1) is 19.6 Å². The van der Waals surface area contributed by atoms with Crippen LogP contribution in [0.3, 0.4) is 0 Å². The van der Waals surface area contributed by atoms with Crippen LogP contribution in [0.25, 0.3) is 6.08 Å². The van der Waals surface area contributed by atoms with Crippen molar-refractivity contribution in [2.24, 2.45) is 0 Å². The number of rotatable bonds is 6. The highest BCUT2D eigenvalue weighted by atomic mass is 16.5. The lowest BCUT2D eigenvalue weighted by Crippen LogP contribution is -2.56. The fraction of sp³-hybridized carbons (Fsp3) is 0.444. The molecule has 130 valence electrons. The summed E-state index contributed by atoms with van der Waals surface area (Å²) in [6.45, 7) is 1.94. The maximum absolute atomic E-state index is 12.1. The van der Waals surface area contributed by atoms with E-state index in [0.29, 0.717) is 13.1 Å². The fourth-order valence-corrected chi connectivity index (χ4v) is 2.67. The van der Waals surface area contributed by atoms with Gasteiger partial charge in [0.1, 0.15) is 5.75 Å². The average molecular weight is 331 g/mol. The largest absolute Gasteiger partial charge is 0.496 e. The molecule has 1 N–H and O–H groups in total. The first-order chi connectivity index (χ1) is 11.5. The molecule has 1 aliphatic rings. The molecule has 0 saturated carbocycles. The van der Waals surface area contributed by atoms with Crippen molar-refractivity contribution in [3.63, 3.8) is 0 Å². The van der Waals surface area contributed by atoms with E-state index in [1.54, 1.807) is 21.2 Å². The highest BCUT2D eigenvalue weighted by Gasteiger charge is 2.31. The Morgan fingerprint density at radius 1 is 1.42 bits per heavy atom. The number of para-hydroxylation sites is 1. The highest BCUT2D eigenvalue weighted by Crippen LogP contribution is 2.19. The van der Waals surface area contributed by atoms with E-state index in [0.717, 1.165) is 17.9 Å². The average Bonchev–Trinajstić information content (AvgIpc) is 2.57. The zero-order valence-electron chi connectivity index (χ0n) is 14.5. The highest BCUT2D eigenvalue weighted by molar-refractivity contribution is 5.88. The van der Waals surface area contributed by atoms with Gasteiger partial charge < -0.3 is 15.0 Å². The molecule has 1 aromatic rings. The SMILES string of the molecule is COc1ccccc1/C=C/CN1CCNC(=O)[C@H]1CC(=O)N(C)C. The van der Waals surface area contributed by atoms with Gasteiger partial charge in [-0.1, -0.05) is 30.4 Å². The molecule has 0 aromatic heterocycles. The van der Waals surface area contributed by atoms with Crippen molar-refractivity contribution in [1.29, 1.82) is 0 Å². The van der Waals surface area contributed by atoms with E-state index >= 15 is 0 Å². The van der Waals surface area contributed by atoms with Crippen molar-refractivity contribution in [3.05, 3.63) is 35.9 Å². The molecule has 0 aliphatic carbocycles. The smallest absolute Gasteiger partial charge is 0.237 e. The molecule has 2 amide bonds. The zero-order valence-corrected chi connectivity index (χ0v) is 14.5. The summed E-state index contributed by atoms with van der Waals surface area (Å²) in [6.07, 6.45) is 4.18. The number of piperazine rings is 1. The molecule has 0 bridgehead atoms. The third-order valence-electron chi connectivity index (χ3n) is 4.08. The topological polar surface area (TPSA) is 61.9 Å². The van der Waals surface area contributed by atoms with Gasteiger partial charge in [0, 0.05) is 39.3 Å². The molecule has 1 aromatic carbocycles. The lowest BCUT2D eigenvalue weighted by atomic mass is 10.1. The van der Waals surface area contributed by atoms with Crippen molar-refractivity contribution < 1.29 is 14.3 Å². The van der Waals surface area contributed by atoms with E-state index in [1.165, 1.54) is 4.90 Å². The van der Waals surface area contributed by atoms with Gasteiger partial charge >= 0.3 is 0 Å². The van der Waals surface area contributed by atoms with E-state index < -0.39 is 6.04 Å². The second-order valence-electron chi connectivity index (χ2n) is 5.94. The van der Waals surface area contributed by atoms with Crippen molar-refractivity contribution in [3.8, 4) is 5.75 Å². The van der Waals surface area contributed by atoms with Gasteiger partial charge in [0.25, 0.3) is 0 Å². The normalized spacial score (nSPS) is 18.5. The molecular formula is C18H25N3O3. The molecule has 24 heavy (non-hydrogen) atoms. The van der Waals surface area contributed by atoms with Crippen LogP contribution in [-0.4, -0.2) is 68.5 Å². The molecule has 1 saturated heterocycles. The van der Waals surface area contributed by atoms with E-state index in [2.05, 4.69) is 5.32 Å². The second kappa shape index (κ2) is 8.49. The van der Waals surface area contributed by atoms with Crippen LogP contribution < -0.4 is 10.1 Å². The summed E-state index contributed by atoms with van der Waals surface area (Å²) < 4.78 is 5.33. The Morgan fingerprint density at radius 2 is 2.17 bits per heavy atom. The van der Waals surface area contributed by atoms with Crippen molar-refractivity contribution in [2.45, 2.75) is 12.5 Å². The summed E-state index contributed by atoms with van der Waals surface area (Å²) in [7, 11) is 5.05. The number of nitrogens with one attached hydrogen (secondary N) is 1. The number of carbonyl (C=O) groups is 2. The second-order valence-corrected chi connectivity index (χ2v) is 5.94. The van der Waals surface area contributed by atoms with E-state index in [4.69, 9.17) is 4.74 Å².